The Morgan fingerprint density at radius 3 is 2.33 bits per heavy atom. The van der Waals surface area contributed by atoms with Crippen molar-refractivity contribution >= 4 is 29.5 Å². The summed E-state index contributed by atoms with van der Waals surface area (Å²) in [7, 11) is 0. The van der Waals surface area contributed by atoms with Gasteiger partial charge in [0.25, 0.3) is 0 Å². The van der Waals surface area contributed by atoms with Gasteiger partial charge in [0.2, 0.25) is 17.7 Å². The molecule has 1 spiro atoms. The van der Waals surface area contributed by atoms with E-state index < -0.39 is 33.4 Å². The Kier molecular flexibility index (Phi) is 10.4. The summed E-state index contributed by atoms with van der Waals surface area (Å²) in [5.74, 6) is -1.31. The van der Waals surface area contributed by atoms with Gasteiger partial charge in [-0.2, -0.15) is 0 Å². The third-order valence-corrected chi connectivity index (χ3v) is 11.5. The molecule has 0 aliphatic carbocycles. The van der Waals surface area contributed by atoms with E-state index in [1.54, 1.807) is 28.8 Å². The minimum Gasteiger partial charge on any atom is -0.394 e. The van der Waals surface area contributed by atoms with Crippen LogP contribution in [-0.4, -0.2) is 91.4 Å². The number of likely N-dealkylation sites (tertiary alicyclic amines) is 1. The molecule has 3 rings (SSSR count). The van der Waals surface area contributed by atoms with Crippen molar-refractivity contribution in [2.45, 2.75) is 108 Å². The summed E-state index contributed by atoms with van der Waals surface area (Å²) in [5, 5.41) is 10.6. The third kappa shape index (κ3) is 5.32. The third-order valence-electron chi connectivity index (χ3n) is 9.56. The Balaban J connectivity index is 2.18. The number of hydrogen-bond donors (Lipinski definition) is 1. The van der Waals surface area contributed by atoms with Gasteiger partial charge in [-0.1, -0.05) is 52.7 Å². The van der Waals surface area contributed by atoms with Gasteiger partial charge in [0.05, 0.1) is 29.2 Å². The van der Waals surface area contributed by atoms with Crippen LogP contribution in [0.25, 0.3) is 0 Å². The van der Waals surface area contributed by atoms with Crippen LogP contribution in [0.15, 0.2) is 25.3 Å². The number of carbonyl (C=O) groups excluding carboxylic acids is 3. The molecule has 0 saturated carbocycles. The number of carbonyl (C=O) groups is 3. The number of hydrogen-bond acceptors (Lipinski definition) is 5. The lowest BCUT2D eigenvalue weighted by Gasteiger charge is -2.42. The molecule has 2 bridgehead atoms. The highest BCUT2D eigenvalue weighted by molar-refractivity contribution is 8.02. The van der Waals surface area contributed by atoms with Crippen molar-refractivity contribution in [3.05, 3.63) is 25.3 Å². The smallest absolute Gasteiger partial charge is 0.247 e. The zero-order valence-electron chi connectivity index (χ0n) is 25.0. The van der Waals surface area contributed by atoms with Crippen molar-refractivity contribution in [1.82, 2.24) is 14.7 Å². The van der Waals surface area contributed by atoms with Crippen LogP contribution in [0, 0.1) is 17.8 Å². The Labute approximate surface area is 240 Å². The molecule has 0 aromatic rings. The Bertz CT molecular complexity index is 943. The van der Waals surface area contributed by atoms with Gasteiger partial charge in [0.15, 0.2) is 0 Å². The molecule has 7 nitrogen and oxygen atoms in total. The molecule has 8 heteroatoms. The number of fused-ring (bicyclic) bond motifs is 1. The molecule has 3 saturated heterocycles. The maximum atomic E-state index is 14.7. The zero-order chi connectivity index (χ0) is 29.1. The standard InChI is InChI=1S/C31H51N3O4S/c1-9-14-22(7)33(19-12-4)29(38)26-31-16-15-30(8,39-31)24(27(36)32(17-10-2)18-11-3)25(31)28(37)34(26)23(20-35)21(6)13-5/h10,12,21-26,35H,2,4,9,11,13-20H2,1,3,5-8H3/t21-,22?,23-,24+,25-,26?,30-,31?/m0/s1. The quantitative estimate of drug-likeness (QED) is 0.298. The van der Waals surface area contributed by atoms with Crippen LogP contribution in [0.1, 0.15) is 80.1 Å². The first kappa shape index (κ1) is 31.7. The largest absolute Gasteiger partial charge is 0.394 e. The fraction of sp³-hybridized carbons (Fsp3) is 0.774. The molecule has 0 aromatic carbocycles. The van der Waals surface area contributed by atoms with Crippen molar-refractivity contribution in [3.8, 4) is 0 Å². The van der Waals surface area contributed by atoms with Crippen LogP contribution in [0.2, 0.25) is 0 Å². The van der Waals surface area contributed by atoms with E-state index in [2.05, 4.69) is 33.9 Å². The summed E-state index contributed by atoms with van der Waals surface area (Å²) in [6.45, 7) is 21.4. The van der Waals surface area contributed by atoms with E-state index in [0.717, 1.165) is 32.1 Å². The lowest BCUT2D eigenvalue weighted by Crippen LogP contribution is -2.59. The molecular formula is C31H51N3O4S. The molecule has 3 heterocycles. The van der Waals surface area contributed by atoms with Crippen molar-refractivity contribution in [3.63, 3.8) is 0 Å². The Morgan fingerprint density at radius 2 is 1.79 bits per heavy atom. The molecular weight excluding hydrogens is 510 g/mol. The molecule has 3 fully saturated rings. The summed E-state index contributed by atoms with van der Waals surface area (Å²) in [6, 6.07) is -1.20. The van der Waals surface area contributed by atoms with E-state index in [-0.39, 0.29) is 36.3 Å². The highest BCUT2D eigenvalue weighted by Crippen LogP contribution is 2.72. The SMILES string of the molecule is C=CCN(CCC)C(=O)[C@H]1[C@H]2C(=O)N([C@@H](CO)[C@@H](C)CC)C(C(=O)N(CC=C)C(C)CCC)C23CC[C@]1(C)S3. The van der Waals surface area contributed by atoms with Crippen LogP contribution in [-0.2, 0) is 14.4 Å². The molecule has 3 aliphatic rings. The molecule has 8 atom stereocenters. The summed E-state index contributed by atoms with van der Waals surface area (Å²) in [6.07, 6.45) is 8.37. The van der Waals surface area contributed by atoms with E-state index in [4.69, 9.17) is 0 Å². The summed E-state index contributed by atoms with van der Waals surface area (Å²) in [5.41, 5.74) is 0. The van der Waals surface area contributed by atoms with Gasteiger partial charge in [-0.25, -0.2) is 0 Å². The predicted octanol–water partition coefficient (Wildman–Crippen LogP) is 4.50. The molecule has 39 heavy (non-hydrogen) atoms. The minimum absolute atomic E-state index is 0.00617. The van der Waals surface area contributed by atoms with Crippen LogP contribution < -0.4 is 0 Å². The zero-order valence-corrected chi connectivity index (χ0v) is 25.8. The molecule has 3 amide bonds. The van der Waals surface area contributed by atoms with Crippen molar-refractivity contribution in [2.75, 3.05) is 26.2 Å². The van der Waals surface area contributed by atoms with E-state index in [1.807, 2.05) is 30.6 Å². The summed E-state index contributed by atoms with van der Waals surface area (Å²) >= 11 is 1.70. The number of thioether (sulfide) groups is 1. The monoisotopic (exact) mass is 561 g/mol. The lowest BCUT2D eigenvalue weighted by atomic mass is 9.66. The molecule has 3 aliphatic heterocycles. The van der Waals surface area contributed by atoms with Crippen molar-refractivity contribution < 1.29 is 19.5 Å². The normalized spacial score (nSPS) is 31.5. The van der Waals surface area contributed by atoms with Gasteiger partial charge in [0.1, 0.15) is 6.04 Å². The minimum atomic E-state index is -0.718. The van der Waals surface area contributed by atoms with Gasteiger partial charge in [-0.05, 0) is 45.4 Å². The maximum Gasteiger partial charge on any atom is 0.247 e. The molecule has 1 N–H and O–H groups in total. The molecule has 0 radical (unpaired) electrons. The second-order valence-electron chi connectivity index (χ2n) is 12.1. The van der Waals surface area contributed by atoms with Crippen LogP contribution >= 0.6 is 11.8 Å². The number of nitrogens with zero attached hydrogens (tertiary/aromatic N) is 3. The second kappa shape index (κ2) is 12.8. The van der Waals surface area contributed by atoms with Gasteiger partial charge in [0, 0.05) is 30.4 Å². The number of aliphatic hydroxyl groups is 1. The lowest BCUT2D eigenvalue weighted by molar-refractivity contribution is -0.149. The molecule has 0 aromatic heterocycles. The number of aliphatic hydroxyl groups excluding tert-OH is 1. The maximum absolute atomic E-state index is 14.7. The van der Waals surface area contributed by atoms with Crippen LogP contribution in [0.4, 0.5) is 0 Å². The second-order valence-corrected chi connectivity index (χ2v) is 14.0. The summed E-state index contributed by atoms with van der Waals surface area (Å²) in [4.78, 5) is 48.9. The average molecular weight is 562 g/mol. The fourth-order valence-corrected chi connectivity index (χ4v) is 9.79. The highest BCUT2D eigenvalue weighted by atomic mass is 32.2. The van der Waals surface area contributed by atoms with Crippen LogP contribution in [0.5, 0.6) is 0 Å². The van der Waals surface area contributed by atoms with Gasteiger partial charge >= 0.3 is 0 Å². The molecule has 220 valence electrons. The summed E-state index contributed by atoms with van der Waals surface area (Å²) < 4.78 is -1.11. The number of rotatable bonds is 15. The topological polar surface area (TPSA) is 81.2 Å². The predicted molar refractivity (Wildman–Crippen MR) is 159 cm³/mol. The van der Waals surface area contributed by atoms with Gasteiger partial charge in [-0.15, -0.1) is 24.9 Å². The first-order valence-electron chi connectivity index (χ1n) is 15.0. The Morgan fingerprint density at radius 1 is 1.13 bits per heavy atom. The average Bonchev–Trinajstić information content (AvgIpc) is 3.47. The van der Waals surface area contributed by atoms with Crippen LogP contribution in [0.3, 0.4) is 0 Å². The Hall–Kier alpha value is -1.80. The van der Waals surface area contributed by atoms with E-state index in [9.17, 15) is 19.5 Å². The van der Waals surface area contributed by atoms with Gasteiger partial charge in [-0.3, -0.25) is 14.4 Å². The van der Waals surface area contributed by atoms with Gasteiger partial charge < -0.3 is 19.8 Å². The van der Waals surface area contributed by atoms with E-state index in [1.165, 1.54) is 0 Å². The van der Waals surface area contributed by atoms with E-state index in [0.29, 0.717) is 26.1 Å². The first-order valence-corrected chi connectivity index (χ1v) is 15.8. The number of amides is 3. The van der Waals surface area contributed by atoms with Crippen molar-refractivity contribution in [1.29, 1.82) is 0 Å². The molecule has 3 unspecified atom stereocenters. The first-order chi connectivity index (χ1) is 18.5. The highest BCUT2D eigenvalue weighted by Gasteiger charge is 2.78. The van der Waals surface area contributed by atoms with E-state index >= 15 is 0 Å². The van der Waals surface area contributed by atoms with Crippen molar-refractivity contribution in [2.24, 2.45) is 17.8 Å². The fourth-order valence-electron chi connectivity index (χ4n) is 7.46.